The van der Waals surface area contributed by atoms with Gasteiger partial charge in [-0.25, -0.2) is 5.43 Å². The van der Waals surface area contributed by atoms with Crippen molar-refractivity contribution < 1.29 is 0 Å². The molecule has 1 atom stereocenters. The first-order chi connectivity index (χ1) is 9.15. The molecule has 0 saturated carbocycles. The molecule has 0 saturated heterocycles. The molecule has 1 unspecified atom stereocenters. The Morgan fingerprint density at radius 3 is 2.84 bits per heavy atom. The third-order valence-corrected chi connectivity index (χ3v) is 3.26. The second kappa shape index (κ2) is 6.19. The Balaban J connectivity index is 2.40. The number of nitrogens with one attached hydrogen (secondary N) is 1. The number of hydrogen-bond acceptors (Lipinski definition) is 3. The fourth-order valence-corrected chi connectivity index (χ4v) is 2.57. The molecule has 3 N–H and O–H groups in total. The standard InChI is InChI=1S/C14H19ClN4/c1-3-6-19-13(4-5-17-19)14(18-16)11-7-10(2)8-12(15)9-11/h4-5,7-9,14,18H,3,6,16H2,1-2H3. The number of benzene rings is 1. The van der Waals surface area contributed by atoms with Gasteiger partial charge in [0, 0.05) is 17.8 Å². The summed E-state index contributed by atoms with van der Waals surface area (Å²) in [4.78, 5) is 0. The number of hydrogen-bond donors (Lipinski definition) is 2. The SMILES string of the molecule is CCCn1nccc1C(NN)c1cc(C)cc(Cl)c1. The molecule has 1 aromatic carbocycles. The molecule has 0 fully saturated rings. The van der Waals surface area contributed by atoms with Gasteiger partial charge in [0.2, 0.25) is 0 Å². The summed E-state index contributed by atoms with van der Waals surface area (Å²) < 4.78 is 1.97. The molecule has 2 aromatic rings. The lowest BCUT2D eigenvalue weighted by atomic mass is 10.0. The summed E-state index contributed by atoms with van der Waals surface area (Å²) in [5.41, 5.74) is 6.06. The molecule has 2 rings (SSSR count). The van der Waals surface area contributed by atoms with E-state index in [1.807, 2.05) is 29.8 Å². The van der Waals surface area contributed by atoms with Crippen LogP contribution in [-0.4, -0.2) is 9.78 Å². The summed E-state index contributed by atoms with van der Waals surface area (Å²) in [6.45, 7) is 5.02. The van der Waals surface area contributed by atoms with Crippen LogP contribution in [0.3, 0.4) is 0 Å². The van der Waals surface area contributed by atoms with E-state index in [9.17, 15) is 0 Å². The molecule has 102 valence electrons. The molecule has 4 nitrogen and oxygen atoms in total. The molecule has 0 bridgehead atoms. The van der Waals surface area contributed by atoms with Gasteiger partial charge in [-0.15, -0.1) is 0 Å². The highest BCUT2D eigenvalue weighted by molar-refractivity contribution is 6.30. The van der Waals surface area contributed by atoms with Crippen LogP contribution in [-0.2, 0) is 6.54 Å². The van der Waals surface area contributed by atoms with Gasteiger partial charge in [0.05, 0.1) is 11.7 Å². The first-order valence-corrected chi connectivity index (χ1v) is 6.78. The number of nitrogens with zero attached hydrogens (tertiary/aromatic N) is 2. The predicted octanol–water partition coefficient (Wildman–Crippen LogP) is 2.81. The third-order valence-electron chi connectivity index (χ3n) is 3.05. The van der Waals surface area contributed by atoms with Crippen molar-refractivity contribution in [2.75, 3.05) is 0 Å². The average molecular weight is 279 g/mol. The fraction of sp³-hybridized carbons (Fsp3) is 0.357. The molecule has 0 amide bonds. The summed E-state index contributed by atoms with van der Waals surface area (Å²) in [6.07, 6.45) is 2.83. The van der Waals surface area contributed by atoms with Crippen LogP contribution in [0.4, 0.5) is 0 Å². The molecule has 0 spiro atoms. The number of nitrogens with two attached hydrogens (primary N) is 1. The van der Waals surface area contributed by atoms with Gasteiger partial charge in [-0.05, 0) is 42.7 Å². The minimum absolute atomic E-state index is 0.105. The number of halogens is 1. The third kappa shape index (κ3) is 3.15. The van der Waals surface area contributed by atoms with Gasteiger partial charge >= 0.3 is 0 Å². The maximum absolute atomic E-state index is 6.12. The van der Waals surface area contributed by atoms with E-state index >= 15 is 0 Å². The molecular weight excluding hydrogens is 260 g/mol. The second-order valence-corrected chi connectivity index (χ2v) is 5.08. The average Bonchev–Trinajstić information content (AvgIpc) is 2.78. The zero-order valence-corrected chi connectivity index (χ0v) is 12.0. The Morgan fingerprint density at radius 1 is 1.42 bits per heavy atom. The Bertz CT molecular complexity index is 530. The number of hydrazine groups is 1. The van der Waals surface area contributed by atoms with Crippen molar-refractivity contribution in [2.45, 2.75) is 32.9 Å². The van der Waals surface area contributed by atoms with Crippen LogP contribution < -0.4 is 11.3 Å². The largest absolute Gasteiger partial charge is 0.271 e. The van der Waals surface area contributed by atoms with Gasteiger partial charge in [-0.1, -0.05) is 24.6 Å². The smallest absolute Gasteiger partial charge is 0.0878 e. The van der Waals surface area contributed by atoms with E-state index in [2.05, 4.69) is 23.5 Å². The topological polar surface area (TPSA) is 55.9 Å². The van der Waals surface area contributed by atoms with Crippen molar-refractivity contribution in [3.05, 3.63) is 52.3 Å². The Morgan fingerprint density at radius 2 is 2.21 bits per heavy atom. The second-order valence-electron chi connectivity index (χ2n) is 4.64. The molecule has 0 aliphatic heterocycles. The van der Waals surface area contributed by atoms with Crippen LogP contribution in [0.25, 0.3) is 0 Å². The van der Waals surface area contributed by atoms with E-state index < -0.39 is 0 Å². The van der Waals surface area contributed by atoms with Gasteiger partial charge < -0.3 is 0 Å². The van der Waals surface area contributed by atoms with Gasteiger partial charge in [0.1, 0.15) is 0 Å². The van der Waals surface area contributed by atoms with Crippen LogP contribution in [0.1, 0.15) is 36.2 Å². The summed E-state index contributed by atoms with van der Waals surface area (Å²) >= 11 is 6.12. The maximum atomic E-state index is 6.12. The summed E-state index contributed by atoms with van der Waals surface area (Å²) in [7, 11) is 0. The minimum atomic E-state index is -0.105. The van der Waals surface area contributed by atoms with Gasteiger partial charge in [-0.3, -0.25) is 10.5 Å². The number of aromatic nitrogens is 2. The summed E-state index contributed by atoms with van der Waals surface area (Å²) in [5.74, 6) is 5.73. The van der Waals surface area contributed by atoms with Crippen molar-refractivity contribution in [3.8, 4) is 0 Å². The van der Waals surface area contributed by atoms with E-state index in [4.69, 9.17) is 17.4 Å². The summed E-state index contributed by atoms with van der Waals surface area (Å²) in [6, 6.07) is 7.83. The fourth-order valence-electron chi connectivity index (χ4n) is 2.27. The van der Waals surface area contributed by atoms with E-state index in [0.717, 1.165) is 34.8 Å². The predicted molar refractivity (Wildman–Crippen MR) is 77.9 cm³/mol. The van der Waals surface area contributed by atoms with Gasteiger partial charge in [0.15, 0.2) is 0 Å². The Labute approximate surface area is 118 Å². The molecule has 0 aliphatic rings. The number of rotatable bonds is 5. The zero-order valence-electron chi connectivity index (χ0n) is 11.2. The highest BCUT2D eigenvalue weighted by Crippen LogP contribution is 2.25. The number of aryl methyl sites for hydroxylation is 2. The zero-order chi connectivity index (χ0) is 13.8. The highest BCUT2D eigenvalue weighted by atomic mass is 35.5. The normalized spacial score (nSPS) is 12.6. The van der Waals surface area contributed by atoms with Gasteiger partial charge in [-0.2, -0.15) is 5.10 Å². The lowest BCUT2D eigenvalue weighted by Crippen LogP contribution is -2.30. The molecule has 1 heterocycles. The van der Waals surface area contributed by atoms with Crippen molar-refractivity contribution in [2.24, 2.45) is 5.84 Å². The van der Waals surface area contributed by atoms with Crippen LogP contribution in [0.2, 0.25) is 5.02 Å². The molecule has 19 heavy (non-hydrogen) atoms. The minimum Gasteiger partial charge on any atom is -0.271 e. The molecular formula is C14H19ClN4. The van der Waals surface area contributed by atoms with Crippen molar-refractivity contribution in [3.63, 3.8) is 0 Å². The molecule has 1 aromatic heterocycles. The van der Waals surface area contributed by atoms with Gasteiger partial charge in [0.25, 0.3) is 0 Å². The van der Waals surface area contributed by atoms with E-state index in [1.165, 1.54) is 0 Å². The summed E-state index contributed by atoms with van der Waals surface area (Å²) in [5, 5.41) is 5.05. The lowest BCUT2D eigenvalue weighted by Gasteiger charge is -2.19. The van der Waals surface area contributed by atoms with Crippen molar-refractivity contribution in [1.29, 1.82) is 0 Å². The first-order valence-electron chi connectivity index (χ1n) is 6.40. The molecule has 0 aliphatic carbocycles. The van der Waals surface area contributed by atoms with Crippen molar-refractivity contribution in [1.82, 2.24) is 15.2 Å². The quantitative estimate of drug-likeness (QED) is 0.653. The lowest BCUT2D eigenvalue weighted by molar-refractivity contribution is 0.521. The van der Waals surface area contributed by atoms with Crippen LogP contribution in [0, 0.1) is 6.92 Å². The first kappa shape index (κ1) is 14.1. The highest BCUT2D eigenvalue weighted by Gasteiger charge is 2.17. The molecule has 5 heteroatoms. The van der Waals surface area contributed by atoms with Crippen molar-refractivity contribution >= 4 is 11.6 Å². The Hall–Kier alpha value is -1.36. The Kier molecular flexibility index (Phi) is 4.58. The van der Waals surface area contributed by atoms with Crippen LogP contribution >= 0.6 is 11.6 Å². The van der Waals surface area contributed by atoms with E-state index in [1.54, 1.807) is 6.20 Å². The maximum Gasteiger partial charge on any atom is 0.0878 e. The van der Waals surface area contributed by atoms with Crippen LogP contribution in [0.5, 0.6) is 0 Å². The van der Waals surface area contributed by atoms with E-state index in [-0.39, 0.29) is 6.04 Å². The van der Waals surface area contributed by atoms with E-state index in [0.29, 0.717) is 0 Å². The van der Waals surface area contributed by atoms with Crippen LogP contribution in [0.15, 0.2) is 30.5 Å². The molecule has 0 radical (unpaired) electrons. The monoisotopic (exact) mass is 278 g/mol.